The summed E-state index contributed by atoms with van der Waals surface area (Å²) in [6, 6.07) is 3.70. The molecule has 0 atom stereocenters. The van der Waals surface area contributed by atoms with Gasteiger partial charge in [-0.25, -0.2) is 4.99 Å². The smallest absolute Gasteiger partial charge is 0.231 e. The number of furan rings is 1. The summed E-state index contributed by atoms with van der Waals surface area (Å²) in [6.07, 6.45) is 1.62. The summed E-state index contributed by atoms with van der Waals surface area (Å²) in [4.78, 5) is 4.16. The van der Waals surface area contributed by atoms with E-state index >= 15 is 0 Å². The van der Waals surface area contributed by atoms with Gasteiger partial charge in [0, 0.05) is 7.11 Å². The lowest BCUT2D eigenvalue weighted by Gasteiger charge is -1.90. The molecule has 0 spiro atoms. The predicted octanol–water partition coefficient (Wildman–Crippen LogP) is 2.34. The molecule has 6 heteroatoms. The molecule has 2 aromatic rings. The Bertz CT molecular complexity index is 490. The lowest BCUT2D eigenvalue weighted by atomic mass is 10.4. The van der Waals surface area contributed by atoms with E-state index in [0.717, 1.165) is 10.8 Å². The van der Waals surface area contributed by atoms with Crippen molar-refractivity contribution in [3.63, 3.8) is 0 Å². The van der Waals surface area contributed by atoms with Crippen LogP contribution < -0.4 is 0 Å². The van der Waals surface area contributed by atoms with Gasteiger partial charge in [-0.2, -0.15) is 0 Å². The van der Waals surface area contributed by atoms with E-state index < -0.39 is 0 Å². The Morgan fingerprint density at radius 2 is 2.38 bits per heavy atom. The molecule has 2 aromatic heterocycles. The minimum atomic E-state index is 0.464. The lowest BCUT2D eigenvalue weighted by molar-refractivity contribution is 0.164. The molecule has 5 nitrogen and oxygen atoms in total. The van der Waals surface area contributed by atoms with Crippen LogP contribution in [0, 0.1) is 6.92 Å². The number of rotatable bonds is 4. The molecule has 0 aliphatic rings. The summed E-state index contributed by atoms with van der Waals surface area (Å²) in [6.45, 7) is 2.35. The van der Waals surface area contributed by atoms with Gasteiger partial charge in [0.05, 0.1) is 6.21 Å². The van der Waals surface area contributed by atoms with Gasteiger partial charge in [0.15, 0.2) is 0 Å². The second kappa shape index (κ2) is 5.00. The van der Waals surface area contributed by atoms with E-state index in [4.69, 9.17) is 9.15 Å². The van der Waals surface area contributed by atoms with E-state index in [1.54, 1.807) is 13.3 Å². The zero-order valence-corrected chi connectivity index (χ0v) is 9.82. The number of hydrogen-bond acceptors (Lipinski definition) is 6. The first-order valence-electron chi connectivity index (χ1n) is 4.70. The van der Waals surface area contributed by atoms with Gasteiger partial charge in [0.1, 0.15) is 23.1 Å². The molecule has 0 radical (unpaired) electrons. The summed E-state index contributed by atoms with van der Waals surface area (Å²) in [5.41, 5.74) is 0. The largest absolute Gasteiger partial charge is 0.458 e. The highest BCUT2D eigenvalue weighted by Gasteiger charge is 2.00. The SMILES string of the molecule is COCc1ccc(C=Nc2nnc(C)s2)o1. The minimum absolute atomic E-state index is 0.464. The van der Waals surface area contributed by atoms with Gasteiger partial charge in [-0.15, -0.1) is 10.2 Å². The van der Waals surface area contributed by atoms with Gasteiger partial charge in [0.25, 0.3) is 0 Å². The molecule has 0 bridgehead atoms. The van der Waals surface area contributed by atoms with Crippen LogP contribution in [0.25, 0.3) is 0 Å². The zero-order valence-electron chi connectivity index (χ0n) is 9.01. The minimum Gasteiger partial charge on any atom is -0.458 e. The van der Waals surface area contributed by atoms with Crippen molar-refractivity contribution in [1.82, 2.24) is 10.2 Å². The standard InChI is InChI=1S/C10H11N3O2S/c1-7-12-13-10(16-7)11-5-8-3-4-9(15-8)6-14-2/h3-5H,6H2,1-2H3. The van der Waals surface area contributed by atoms with Crippen LogP contribution >= 0.6 is 11.3 Å². The second-order valence-corrected chi connectivity index (χ2v) is 4.26. The van der Waals surface area contributed by atoms with Crippen LogP contribution in [0.3, 0.4) is 0 Å². The highest BCUT2D eigenvalue weighted by Crippen LogP contribution is 2.17. The molecule has 2 heterocycles. The third-order valence-electron chi connectivity index (χ3n) is 1.79. The second-order valence-electron chi connectivity index (χ2n) is 3.10. The average Bonchev–Trinajstić information content (AvgIpc) is 2.85. The Labute approximate surface area is 96.8 Å². The van der Waals surface area contributed by atoms with Crippen molar-refractivity contribution in [2.75, 3.05) is 7.11 Å². The van der Waals surface area contributed by atoms with Crippen molar-refractivity contribution < 1.29 is 9.15 Å². The van der Waals surface area contributed by atoms with Gasteiger partial charge >= 0.3 is 0 Å². The molecule has 0 aliphatic heterocycles. The zero-order chi connectivity index (χ0) is 11.4. The number of nitrogens with zero attached hydrogens (tertiary/aromatic N) is 3. The molecule has 0 saturated carbocycles. The number of methoxy groups -OCH3 is 1. The molecular formula is C10H11N3O2S. The van der Waals surface area contributed by atoms with Crippen molar-refractivity contribution in [1.29, 1.82) is 0 Å². The summed E-state index contributed by atoms with van der Waals surface area (Å²) < 4.78 is 10.4. The van der Waals surface area contributed by atoms with Crippen LogP contribution in [0.5, 0.6) is 0 Å². The van der Waals surface area contributed by atoms with Crippen molar-refractivity contribution in [3.05, 3.63) is 28.7 Å². The maximum Gasteiger partial charge on any atom is 0.231 e. The van der Waals surface area contributed by atoms with E-state index in [-0.39, 0.29) is 0 Å². The third-order valence-corrected chi connectivity index (χ3v) is 2.53. The molecule has 0 fully saturated rings. The van der Waals surface area contributed by atoms with Crippen LogP contribution in [-0.4, -0.2) is 23.5 Å². The van der Waals surface area contributed by atoms with Gasteiger partial charge in [-0.05, 0) is 19.1 Å². The third kappa shape index (κ3) is 2.74. The highest BCUT2D eigenvalue weighted by molar-refractivity contribution is 7.14. The Kier molecular flexibility index (Phi) is 3.43. The normalized spacial score (nSPS) is 11.4. The molecular weight excluding hydrogens is 226 g/mol. The summed E-state index contributed by atoms with van der Waals surface area (Å²) in [5, 5.41) is 9.27. The first-order valence-corrected chi connectivity index (χ1v) is 5.51. The number of hydrogen-bond donors (Lipinski definition) is 0. The topological polar surface area (TPSA) is 60.5 Å². The average molecular weight is 237 g/mol. The summed E-state index contributed by atoms with van der Waals surface area (Å²) in [7, 11) is 1.63. The number of ether oxygens (including phenoxy) is 1. The first kappa shape index (κ1) is 11.0. The van der Waals surface area contributed by atoms with Gasteiger partial charge in [-0.3, -0.25) is 0 Å². The first-order chi connectivity index (χ1) is 7.78. The van der Waals surface area contributed by atoms with Crippen LogP contribution in [-0.2, 0) is 11.3 Å². The fraction of sp³-hybridized carbons (Fsp3) is 0.300. The lowest BCUT2D eigenvalue weighted by Crippen LogP contribution is -1.82. The Hall–Kier alpha value is -1.53. The fourth-order valence-electron chi connectivity index (χ4n) is 1.14. The molecule has 0 saturated heterocycles. The predicted molar refractivity (Wildman–Crippen MR) is 61.3 cm³/mol. The molecule has 84 valence electrons. The van der Waals surface area contributed by atoms with Crippen molar-refractivity contribution in [3.8, 4) is 0 Å². The quantitative estimate of drug-likeness (QED) is 0.766. The monoisotopic (exact) mass is 237 g/mol. The van der Waals surface area contributed by atoms with Crippen molar-refractivity contribution in [2.24, 2.45) is 4.99 Å². The van der Waals surface area contributed by atoms with Crippen LogP contribution in [0.1, 0.15) is 16.5 Å². The summed E-state index contributed by atoms with van der Waals surface area (Å²) in [5.74, 6) is 1.46. The molecule has 0 aromatic carbocycles. The van der Waals surface area contributed by atoms with E-state index in [2.05, 4.69) is 15.2 Å². The van der Waals surface area contributed by atoms with E-state index in [9.17, 15) is 0 Å². The molecule has 0 N–H and O–H groups in total. The van der Waals surface area contributed by atoms with Crippen LogP contribution in [0.15, 0.2) is 21.5 Å². The molecule has 0 aliphatic carbocycles. The van der Waals surface area contributed by atoms with Gasteiger partial charge < -0.3 is 9.15 Å². The Morgan fingerprint density at radius 1 is 1.50 bits per heavy atom. The maximum atomic E-state index is 5.43. The van der Waals surface area contributed by atoms with E-state index in [0.29, 0.717) is 17.5 Å². The van der Waals surface area contributed by atoms with Gasteiger partial charge in [0.2, 0.25) is 5.13 Å². The van der Waals surface area contributed by atoms with Gasteiger partial charge in [-0.1, -0.05) is 11.3 Å². The number of aromatic nitrogens is 2. The number of aliphatic imine (C=N–C) groups is 1. The van der Waals surface area contributed by atoms with Crippen molar-refractivity contribution >= 4 is 22.7 Å². The van der Waals surface area contributed by atoms with E-state index in [1.165, 1.54) is 11.3 Å². The fourth-order valence-corrected chi connectivity index (χ4v) is 1.67. The van der Waals surface area contributed by atoms with Crippen LogP contribution in [0.4, 0.5) is 5.13 Å². The number of aryl methyl sites for hydroxylation is 1. The molecule has 0 unspecified atom stereocenters. The maximum absolute atomic E-state index is 5.43. The highest BCUT2D eigenvalue weighted by atomic mass is 32.1. The van der Waals surface area contributed by atoms with E-state index in [1.807, 2.05) is 19.1 Å². The summed E-state index contributed by atoms with van der Waals surface area (Å²) >= 11 is 1.44. The molecule has 0 amide bonds. The van der Waals surface area contributed by atoms with Crippen LogP contribution in [0.2, 0.25) is 0 Å². The Morgan fingerprint density at radius 3 is 3.06 bits per heavy atom. The molecule has 16 heavy (non-hydrogen) atoms. The van der Waals surface area contributed by atoms with Crippen molar-refractivity contribution in [2.45, 2.75) is 13.5 Å². The Balaban J connectivity index is 2.05. The molecule has 2 rings (SSSR count).